The van der Waals surface area contributed by atoms with Crippen LogP contribution in [-0.2, 0) is 13.1 Å². The van der Waals surface area contributed by atoms with Crippen LogP contribution in [0.1, 0.15) is 27.0 Å². The summed E-state index contributed by atoms with van der Waals surface area (Å²) in [5.74, 6) is -1.38. The molecular formula is C16H14FNO3. The van der Waals surface area contributed by atoms with E-state index in [1.54, 1.807) is 25.1 Å². The van der Waals surface area contributed by atoms with Crippen LogP contribution in [0.4, 0.5) is 4.39 Å². The van der Waals surface area contributed by atoms with E-state index in [-0.39, 0.29) is 29.6 Å². The van der Waals surface area contributed by atoms with Gasteiger partial charge in [0.15, 0.2) is 11.5 Å². The summed E-state index contributed by atoms with van der Waals surface area (Å²) in [6.45, 7) is 2.26. The highest BCUT2D eigenvalue weighted by Gasteiger charge is 2.31. The van der Waals surface area contributed by atoms with E-state index < -0.39 is 5.75 Å². The van der Waals surface area contributed by atoms with Crippen LogP contribution in [0.15, 0.2) is 30.3 Å². The Hall–Kier alpha value is -2.56. The second-order valence-electron chi connectivity index (χ2n) is 5.21. The molecule has 0 atom stereocenters. The molecule has 1 aliphatic rings. The molecule has 0 spiro atoms. The van der Waals surface area contributed by atoms with Gasteiger partial charge in [0, 0.05) is 13.1 Å². The Morgan fingerprint density at radius 3 is 2.71 bits per heavy atom. The number of aromatic hydroxyl groups is 2. The number of amides is 1. The Labute approximate surface area is 121 Å². The lowest BCUT2D eigenvalue weighted by Gasteiger charge is -2.16. The lowest BCUT2D eigenvalue weighted by atomic mass is 10.1. The number of hydrogen-bond donors (Lipinski definition) is 2. The van der Waals surface area contributed by atoms with Crippen molar-refractivity contribution in [3.8, 4) is 11.5 Å². The average molecular weight is 287 g/mol. The number of halogens is 1. The number of hydrogen-bond acceptors (Lipinski definition) is 3. The monoisotopic (exact) mass is 287 g/mol. The van der Waals surface area contributed by atoms with Crippen LogP contribution in [0.25, 0.3) is 0 Å². The zero-order valence-corrected chi connectivity index (χ0v) is 11.4. The molecule has 0 fully saturated rings. The summed E-state index contributed by atoms with van der Waals surface area (Å²) in [6.07, 6.45) is 0. The molecule has 1 aliphatic heterocycles. The summed E-state index contributed by atoms with van der Waals surface area (Å²) >= 11 is 0. The molecule has 0 saturated carbocycles. The Balaban J connectivity index is 1.88. The lowest BCUT2D eigenvalue weighted by molar-refractivity contribution is 0.0764. The van der Waals surface area contributed by atoms with Crippen LogP contribution >= 0.6 is 0 Å². The van der Waals surface area contributed by atoms with E-state index in [9.17, 15) is 19.4 Å². The van der Waals surface area contributed by atoms with Crippen molar-refractivity contribution in [2.24, 2.45) is 0 Å². The van der Waals surface area contributed by atoms with Gasteiger partial charge < -0.3 is 15.1 Å². The van der Waals surface area contributed by atoms with E-state index in [1.807, 2.05) is 0 Å². The van der Waals surface area contributed by atoms with Crippen LogP contribution in [0.2, 0.25) is 0 Å². The molecule has 21 heavy (non-hydrogen) atoms. The molecule has 108 valence electrons. The molecule has 0 aliphatic carbocycles. The molecule has 2 N–H and O–H groups in total. The van der Waals surface area contributed by atoms with Gasteiger partial charge in [-0.25, -0.2) is 4.39 Å². The second-order valence-corrected chi connectivity index (χ2v) is 5.21. The number of fused-ring (bicyclic) bond motifs is 1. The molecule has 1 heterocycles. The maximum Gasteiger partial charge on any atom is 0.258 e. The van der Waals surface area contributed by atoms with E-state index in [2.05, 4.69) is 0 Å². The van der Waals surface area contributed by atoms with Crippen molar-refractivity contribution in [1.82, 2.24) is 4.90 Å². The summed E-state index contributed by atoms with van der Waals surface area (Å²) in [6, 6.07) is 7.81. The van der Waals surface area contributed by atoms with Crippen LogP contribution in [0.5, 0.6) is 11.5 Å². The van der Waals surface area contributed by atoms with Gasteiger partial charge in [0.05, 0.1) is 5.56 Å². The fourth-order valence-corrected chi connectivity index (χ4v) is 2.51. The zero-order chi connectivity index (χ0) is 15.1. The molecule has 2 aromatic rings. The van der Waals surface area contributed by atoms with Crippen molar-refractivity contribution in [3.63, 3.8) is 0 Å². The van der Waals surface area contributed by atoms with Crippen LogP contribution in [0, 0.1) is 12.7 Å². The third kappa shape index (κ3) is 2.20. The van der Waals surface area contributed by atoms with Crippen molar-refractivity contribution in [1.29, 1.82) is 0 Å². The van der Waals surface area contributed by atoms with Crippen molar-refractivity contribution < 1.29 is 19.4 Å². The van der Waals surface area contributed by atoms with E-state index in [1.165, 1.54) is 17.0 Å². The van der Waals surface area contributed by atoms with Gasteiger partial charge in [-0.1, -0.05) is 18.2 Å². The molecule has 0 bridgehead atoms. The maximum absolute atomic E-state index is 13.6. The SMILES string of the molecule is Cc1ccc(CN2Cc3ccc(O)c(O)c3C2=O)cc1F. The Kier molecular flexibility index (Phi) is 3.05. The number of rotatable bonds is 2. The molecular weight excluding hydrogens is 273 g/mol. The van der Waals surface area contributed by atoms with Crippen molar-refractivity contribution in [2.45, 2.75) is 20.0 Å². The van der Waals surface area contributed by atoms with Gasteiger partial charge >= 0.3 is 0 Å². The molecule has 0 saturated heterocycles. The van der Waals surface area contributed by atoms with E-state index in [4.69, 9.17) is 0 Å². The lowest BCUT2D eigenvalue weighted by Crippen LogP contribution is -2.23. The van der Waals surface area contributed by atoms with Gasteiger partial charge in [0.2, 0.25) is 0 Å². The molecule has 5 heteroatoms. The number of carbonyl (C=O) groups excluding carboxylic acids is 1. The molecule has 0 aromatic heterocycles. The summed E-state index contributed by atoms with van der Waals surface area (Å²) in [5.41, 5.74) is 2.02. The summed E-state index contributed by atoms with van der Waals surface area (Å²) < 4.78 is 13.6. The van der Waals surface area contributed by atoms with Crippen LogP contribution in [0.3, 0.4) is 0 Å². The fraction of sp³-hybridized carbons (Fsp3) is 0.188. The minimum Gasteiger partial charge on any atom is -0.504 e. The average Bonchev–Trinajstić information content (AvgIpc) is 2.76. The predicted octanol–water partition coefficient (Wildman–Crippen LogP) is 2.70. The minimum atomic E-state index is -0.393. The Morgan fingerprint density at radius 1 is 1.24 bits per heavy atom. The topological polar surface area (TPSA) is 60.8 Å². The Bertz CT molecular complexity index is 743. The number of nitrogens with zero attached hydrogens (tertiary/aromatic N) is 1. The molecule has 0 unspecified atom stereocenters. The predicted molar refractivity (Wildman–Crippen MR) is 74.5 cm³/mol. The fourth-order valence-electron chi connectivity index (χ4n) is 2.51. The summed E-state index contributed by atoms with van der Waals surface area (Å²) in [4.78, 5) is 13.8. The zero-order valence-electron chi connectivity index (χ0n) is 11.4. The highest BCUT2D eigenvalue weighted by molar-refractivity contribution is 6.01. The maximum atomic E-state index is 13.6. The van der Waals surface area contributed by atoms with Gasteiger partial charge in [-0.15, -0.1) is 0 Å². The number of phenols is 2. The number of phenolic OH excluding ortho intramolecular Hbond substituents is 2. The van der Waals surface area contributed by atoms with Crippen LogP contribution < -0.4 is 0 Å². The van der Waals surface area contributed by atoms with Gasteiger partial charge in [-0.05, 0) is 35.7 Å². The highest BCUT2D eigenvalue weighted by Crippen LogP contribution is 2.37. The second kappa shape index (κ2) is 4.77. The highest BCUT2D eigenvalue weighted by atomic mass is 19.1. The van der Waals surface area contributed by atoms with Crippen molar-refractivity contribution >= 4 is 5.91 Å². The first-order chi connectivity index (χ1) is 9.97. The summed E-state index contributed by atoms with van der Waals surface area (Å²) in [7, 11) is 0. The summed E-state index contributed by atoms with van der Waals surface area (Å²) in [5, 5.41) is 19.3. The number of carbonyl (C=O) groups is 1. The van der Waals surface area contributed by atoms with E-state index in [0.717, 1.165) is 0 Å². The van der Waals surface area contributed by atoms with Gasteiger partial charge in [0.1, 0.15) is 5.82 Å². The molecule has 2 aromatic carbocycles. The first-order valence-electron chi connectivity index (χ1n) is 6.55. The molecule has 0 radical (unpaired) electrons. The number of benzene rings is 2. The first-order valence-corrected chi connectivity index (χ1v) is 6.55. The normalized spacial score (nSPS) is 13.6. The largest absolute Gasteiger partial charge is 0.504 e. The third-order valence-electron chi connectivity index (χ3n) is 3.71. The standard InChI is InChI=1S/C16H14FNO3/c1-9-2-3-10(6-12(9)17)7-18-8-11-4-5-13(19)15(20)14(11)16(18)21/h2-6,19-20H,7-8H2,1H3. The van der Waals surface area contributed by atoms with Crippen LogP contribution in [-0.4, -0.2) is 21.0 Å². The minimum absolute atomic E-state index is 0.127. The van der Waals surface area contributed by atoms with E-state index in [0.29, 0.717) is 23.2 Å². The Morgan fingerprint density at radius 2 is 2.00 bits per heavy atom. The molecule has 1 amide bonds. The molecule has 4 nitrogen and oxygen atoms in total. The van der Waals surface area contributed by atoms with Gasteiger partial charge in [-0.2, -0.15) is 0 Å². The molecule has 3 rings (SSSR count). The third-order valence-corrected chi connectivity index (χ3v) is 3.71. The van der Waals surface area contributed by atoms with Gasteiger partial charge in [0.25, 0.3) is 5.91 Å². The smallest absolute Gasteiger partial charge is 0.258 e. The van der Waals surface area contributed by atoms with Crippen molar-refractivity contribution in [3.05, 3.63) is 58.4 Å². The quantitative estimate of drug-likeness (QED) is 0.835. The van der Waals surface area contributed by atoms with E-state index >= 15 is 0 Å². The first kappa shape index (κ1) is 13.4. The van der Waals surface area contributed by atoms with Gasteiger partial charge in [-0.3, -0.25) is 4.79 Å². The number of aryl methyl sites for hydroxylation is 1. The van der Waals surface area contributed by atoms with Crippen molar-refractivity contribution in [2.75, 3.05) is 0 Å².